The van der Waals surface area contributed by atoms with Crippen molar-refractivity contribution in [3.63, 3.8) is 0 Å². The van der Waals surface area contributed by atoms with E-state index in [1.54, 1.807) is 12.1 Å². The van der Waals surface area contributed by atoms with Crippen LogP contribution < -0.4 is 9.47 Å². The Morgan fingerprint density at radius 2 is 1.39 bits per heavy atom. The Bertz CT molecular complexity index is 1360. The fraction of sp³-hybridized carbons (Fsp3) is 0.486. The quantitative estimate of drug-likeness (QED) is 0.329. The molecule has 2 aromatic rings. The highest BCUT2D eigenvalue weighted by molar-refractivity contribution is 6.06. The maximum absolute atomic E-state index is 13.9. The van der Waals surface area contributed by atoms with Gasteiger partial charge in [-0.15, -0.1) is 0 Å². The van der Waals surface area contributed by atoms with Crippen molar-refractivity contribution < 1.29 is 23.5 Å². The maximum atomic E-state index is 13.9. The third-order valence-corrected chi connectivity index (χ3v) is 8.38. The van der Waals surface area contributed by atoms with Crippen LogP contribution in [-0.4, -0.2) is 29.6 Å². The van der Waals surface area contributed by atoms with E-state index < -0.39 is 5.92 Å². The van der Waals surface area contributed by atoms with E-state index in [2.05, 4.69) is 39.5 Å². The monoisotopic (exact) mass is 559 g/mol. The van der Waals surface area contributed by atoms with Gasteiger partial charge in [-0.1, -0.05) is 52.8 Å². The predicted octanol–water partition coefficient (Wildman–Crippen LogP) is 7.90. The number of Topliss-reactive ketones (excluding diaryl/α,β-unsaturated/α-hetero) is 2. The number of ketones is 2. The zero-order valence-corrected chi connectivity index (χ0v) is 25.2. The molecule has 6 heteroatoms. The molecule has 3 aliphatic rings. The van der Waals surface area contributed by atoms with E-state index in [0.29, 0.717) is 30.9 Å². The molecule has 41 heavy (non-hydrogen) atoms. The van der Waals surface area contributed by atoms with Crippen LogP contribution in [-0.2, 0) is 16.2 Å². The van der Waals surface area contributed by atoms with Crippen molar-refractivity contribution in [1.82, 2.24) is 4.90 Å². The van der Waals surface area contributed by atoms with E-state index in [1.807, 2.05) is 25.1 Å². The van der Waals surface area contributed by atoms with E-state index in [1.165, 1.54) is 12.1 Å². The lowest BCUT2D eigenvalue weighted by Crippen LogP contribution is -2.44. The Balaban J connectivity index is 1.62. The average Bonchev–Trinajstić information content (AvgIpc) is 2.88. The molecule has 0 saturated heterocycles. The number of halogens is 1. The highest BCUT2D eigenvalue weighted by Crippen LogP contribution is 2.55. The molecule has 0 saturated carbocycles. The summed E-state index contributed by atoms with van der Waals surface area (Å²) in [5.74, 6) is 0.674. The average molecular weight is 560 g/mol. The molecule has 0 fully saturated rings. The van der Waals surface area contributed by atoms with Crippen molar-refractivity contribution in [2.75, 3.05) is 13.2 Å². The molecule has 0 aromatic heterocycles. The molecule has 5 nitrogen and oxygen atoms in total. The Morgan fingerprint density at radius 3 is 1.93 bits per heavy atom. The fourth-order valence-electron chi connectivity index (χ4n) is 6.71. The third-order valence-electron chi connectivity index (χ3n) is 8.38. The topological polar surface area (TPSA) is 55.8 Å². The van der Waals surface area contributed by atoms with Crippen LogP contribution in [0.2, 0.25) is 0 Å². The second kappa shape index (κ2) is 11.1. The Labute approximate surface area is 243 Å². The molecule has 0 radical (unpaired) electrons. The molecule has 0 unspecified atom stereocenters. The van der Waals surface area contributed by atoms with Gasteiger partial charge in [0.25, 0.3) is 0 Å². The number of hydrogen-bond acceptors (Lipinski definition) is 5. The molecule has 0 spiro atoms. The normalized spacial score (nSPS) is 20.2. The molecular weight excluding hydrogens is 517 g/mol. The summed E-state index contributed by atoms with van der Waals surface area (Å²) in [6.45, 7) is 14.2. The Kier molecular flexibility index (Phi) is 7.88. The first kappa shape index (κ1) is 29.1. The molecule has 2 aliphatic carbocycles. The SMILES string of the molecule is CCCN1C2=C(C(=O)CC(C)(C)C2)C(c2ccc(OCc3ccc(F)cc3)c(OCC)c2)C2=C1CC(C)(C)CC2=O. The van der Waals surface area contributed by atoms with Gasteiger partial charge in [0, 0.05) is 47.8 Å². The fourth-order valence-corrected chi connectivity index (χ4v) is 6.71. The number of ether oxygens (including phenoxy) is 2. The molecule has 0 amide bonds. The summed E-state index contributed by atoms with van der Waals surface area (Å²) < 4.78 is 25.5. The van der Waals surface area contributed by atoms with Crippen molar-refractivity contribution in [2.24, 2.45) is 10.8 Å². The van der Waals surface area contributed by atoms with Crippen LogP contribution >= 0.6 is 0 Å². The number of carbonyl (C=O) groups excluding carboxylic acids is 2. The van der Waals surface area contributed by atoms with Crippen LogP contribution in [0.15, 0.2) is 65.0 Å². The number of nitrogens with zero attached hydrogens (tertiary/aromatic N) is 1. The lowest BCUT2D eigenvalue weighted by atomic mass is 9.63. The predicted molar refractivity (Wildman–Crippen MR) is 158 cm³/mol. The second-order valence-electron chi connectivity index (χ2n) is 13.2. The minimum atomic E-state index is -0.425. The summed E-state index contributed by atoms with van der Waals surface area (Å²) in [6, 6.07) is 12.0. The van der Waals surface area contributed by atoms with E-state index >= 15 is 0 Å². The lowest BCUT2D eigenvalue weighted by molar-refractivity contribution is -0.119. The first-order chi connectivity index (χ1) is 19.4. The summed E-state index contributed by atoms with van der Waals surface area (Å²) in [5, 5.41) is 0. The second-order valence-corrected chi connectivity index (χ2v) is 13.2. The van der Waals surface area contributed by atoms with Crippen molar-refractivity contribution in [2.45, 2.75) is 86.2 Å². The van der Waals surface area contributed by atoms with Crippen molar-refractivity contribution in [3.05, 3.63) is 81.9 Å². The molecule has 1 heterocycles. The highest BCUT2D eigenvalue weighted by Gasteiger charge is 2.48. The molecular formula is C35H42FNO4. The minimum absolute atomic E-state index is 0.126. The molecule has 0 N–H and O–H groups in total. The van der Waals surface area contributed by atoms with Crippen molar-refractivity contribution >= 4 is 11.6 Å². The number of hydrogen-bond donors (Lipinski definition) is 0. The summed E-state index contributed by atoms with van der Waals surface area (Å²) in [7, 11) is 0. The van der Waals surface area contributed by atoms with Crippen molar-refractivity contribution in [1.29, 1.82) is 0 Å². The van der Waals surface area contributed by atoms with E-state index in [0.717, 1.165) is 59.5 Å². The van der Waals surface area contributed by atoms with Gasteiger partial charge in [-0.3, -0.25) is 9.59 Å². The van der Waals surface area contributed by atoms with Gasteiger partial charge in [0.2, 0.25) is 0 Å². The summed E-state index contributed by atoms with van der Waals surface area (Å²) >= 11 is 0. The minimum Gasteiger partial charge on any atom is -0.490 e. The standard InChI is InChI=1S/C35H42FNO4/c1-7-15-37-25-17-34(3,4)19-27(38)32(25)31(33-26(37)18-35(5,6)20-28(33)39)23-11-14-29(30(16-23)40-8-2)41-21-22-9-12-24(36)13-10-22/h9-14,16,31H,7-8,15,17-21H2,1-6H3. The van der Waals surface area contributed by atoms with Gasteiger partial charge >= 0.3 is 0 Å². The van der Waals surface area contributed by atoms with E-state index in [4.69, 9.17) is 9.47 Å². The van der Waals surface area contributed by atoms with Gasteiger partial charge in [-0.25, -0.2) is 4.39 Å². The van der Waals surface area contributed by atoms with E-state index in [-0.39, 0.29) is 34.8 Å². The molecule has 218 valence electrons. The third kappa shape index (κ3) is 5.84. The maximum Gasteiger partial charge on any atom is 0.162 e. The molecule has 2 aromatic carbocycles. The van der Waals surface area contributed by atoms with Crippen LogP contribution in [0.4, 0.5) is 4.39 Å². The smallest absolute Gasteiger partial charge is 0.162 e. The molecule has 0 bridgehead atoms. The Morgan fingerprint density at radius 1 is 0.805 bits per heavy atom. The molecule has 5 rings (SSSR count). The van der Waals surface area contributed by atoms with Gasteiger partial charge in [-0.2, -0.15) is 0 Å². The zero-order chi connectivity index (χ0) is 29.5. The Hall–Kier alpha value is -3.41. The molecule has 1 aliphatic heterocycles. The zero-order valence-electron chi connectivity index (χ0n) is 25.2. The first-order valence-electron chi connectivity index (χ1n) is 14.9. The van der Waals surface area contributed by atoms with Crippen LogP contribution in [0.5, 0.6) is 11.5 Å². The van der Waals surface area contributed by atoms with Crippen LogP contribution in [0.1, 0.15) is 90.7 Å². The van der Waals surface area contributed by atoms with E-state index in [9.17, 15) is 14.0 Å². The first-order valence-corrected chi connectivity index (χ1v) is 14.9. The van der Waals surface area contributed by atoms with Crippen LogP contribution in [0.3, 0.4) is 0 Å². The van der Waals surface area contributed by atoms with Gasteiger partial charge in [0.15, 0.2) is 23.1 Å². The van der Waals surface area contributed by atoms with Gasteiger partial charge < -0.3 is 14.4 Å². The number of rotatable bonds is 8. The van der Waals surface area contributed by atoms with Gasteiger partial charge in [0.05, 0.1) is 6.61 Å². The molecule has 0 atom stereocenters. The summed E-state index contributed by atoms with van der Waals surface area (Å²) in [6.07, 6.45) is 3.44. The van der Waals surface area contributed by atoms with Crippen molar-refractivity contribution in [3.8, 4) is 11.5 Å². The van der Waals surface area contributed by atoms with Gasteiger partial charge in [0.1, 0.15) is 12.4 Å². The lowest BCUT2D eigenvalue weighted by Gasteiger charge is -2.49. The largest absolute Gasteiger partial charge is 0.490 e. The number of allylic oxidation sites excluding steroid dienone is 4. The summed E-state index contributed by atoms with van der Waals surface area (Å²) in [5.41, 5.74) is 5.13. The number of carbonyl (C=O) groups is 2. The van der Waals surface area contributed by atoms with Crippen LogP contribution in [0, 0.1) is 16.6 Å². The summed E-state index contributed by atoms with van der Waals surface area (Å²) in [4.78, 5) is 30.2. The van der Waals surface area contributed by atoms with Crippen LogP contribution in [0.25, 0.3) is 0 Å². The van der Waals surface area contributed by atoms with Gasteiger partial charge in [-0.05, 0) is 72.4 Å². The highest BCUT2D eigenvalue weighted by atomic mass is 19.1. The number of benzene rings is 2.